The van der Waals surface area contributed by atoms with E-state index < -0.39 is 10.0 Å². The smallest absolute Gasteiger partial charge is 0.215 e. The van der Waals surface area contributed by atoms with Gasteiger partial charge >= 0.3 is 0 Å². The highest BCUT2D eigenvalue weighted by Gasteiger charge is 2.25. The zero-order chi connectivity index (χ0) is 13.9. The quantitative estimate of drug-likeness (QED) is 0.795. The summed E-state index contributed by atoms with van der Waals surface area (Å²) in [6.45, 7) is 2.52. The molecule has 0 amide bonds. The Morgan fingerprint density at radius 1 is 1.53 bits per heavy atom. The van der Waals surface area contributed by atoms with Gasteiger partial charge in [-0.3, -0.25) is 0 Å². The molecule has 1 aromatic rings. The predicted octanol–water partition coefficient (Wildman–Crippen LogP) is 1.69. The normalized spacial score (nSPS) is 17.8. The summed E-state index contributed by atoms with van der Waals surface area (Å²) in [6.07, 6.45) is 3.15. The zero-order valence-corrected chi connectivity index (χ0v) is 13.1. The summed E-state index contributed by atoms with van der Waals surface area (Å²) in [7, 11) is -1.47. The van der Waals surface area contributed by atoms with Crippen molar-refractivity contribution in [1.82, 2.24) is 9.62 Å². The molecule has 0 radical (unpaired) electrons. The second kappa shape index (κ2) is 6.35. The van der Waals surface area contributed by atoms with Crippen LogP contribution in [0.25, 0.3) is 0 Å². The van der Waals surface area contributed by atoms with Crippen molar-refractivity contribution in [2.24, 2.45) is 0 Å². The average Bonchev–Trinajstić information content (AvgIpc) is 3.03. The van der Waals surface area contributed by atoms with Gasteiger partial charge in [0.25, 0.3) is 0 Å². The molecule has 1 unspecified atom stereocenters. The summed E-state index contributed by atoms with van der Waals surface area (Å²) in [4.78, 5) is 1.23. The van der Waals surface area contributed by atoms with Crippen molar-refractivity contribution in [2.75, 3.05) is 19.3 Å². The van der Waals surface area contributed by atoms with Gasteiger partial charge in [0.15, 0.2) is 0 Å². The summed E-state index contributed by atoms with van der Waals surface area (Å²) in [5.74, 6) is 0.189. The van der Waals surface area contributed by atoms with Gasteiger partial charge in [0.1, 0.15) is 0 Å². The van der Waals surface area contributed by atoms with Gasteiger partial charge < -0.3 is 5.32 Å². The predicted molar refractivity (Wildman–Crippen MR) is 80.1 cm³/mol. The van der Waals surface area contributed by atoms with E-state index in [-0.39, 0.29) is 11.8 Å². The average molecular weight is 302 g/mol. The fourth-order valence-corrected chi connectivity index (χ4v) is 4.06. The lowest BCUT2D eigenvalue weighted by molar-refractivity contribution is 0.387. The van der Waals surface area contributed by atoms with Gasteiger partial charge in [-0.25, -0.2) is 12.7 Å². The Labute approximate surface area is 119 Å². The van der Waals surface area contributed by atoms with Gasteiger partial charge in [-0.2, -0.15) is 0 Å². The largest absolute Gasteiger partial charge is 0.313 e. The highest BCUT2D eigenvalue weighted by atomic mass is 32.2. The molecule has 1 saturated carbocycles. The van der Waals surface area contributed by atoms with Crippen LogP contribution in [0.2, 0.25) is 0 Å². The van der Waals surface area contributed by atoms with Crippen LogP contribution in [-0.2, 0) is 16.4 Å². The van der Waals surface area contributed by atoms with E-state index in [9.17, 15) is 8.42 Å². The van der Waals surface area contributed by atoms with Crippen molar-refractivity contribution in [3.8, 4) is 0 Å². The first-order chi connectivity index (χ1) is 8.99. The molecule has 1 aliphatic rings. The van der Waals surface area contributed by atoms with Crippen LogP contribution in [-0.4, -0.2) is 44.2 Å². The highest BCUT2D eigenvalue weighted by molar-refractivity contribution is 7.89. The molecule has 6 heteroatoms. The lowest BCUT2D eigenvalue weighted by Crippen LogP contribution is -2.40. The van der Waals surface area contributed by atoms with E-state index in [2.05, 4.69) is 11.4 Å². The topological polar surface area (TPSA) is 49.4 Å². The third kappa shape index (κ3) is 4.56. The number of thiophene rings is 1. The molecule has 1 aromatic heterocycles. The van der Waals surface area contributed by atoms with Crippen LogP contribution in [0.1, 0.15) is 24.6 Å². The molecule has 1 N–H and O–H groups in total. The Morgan fingerprint density at radius 2 is 2.26 bits per heavy atom. The van der Waals surface area contributed by atoms with Gasteiger partial charge in [-0.15, -0.1) is 11.3 Å². The number of rotatable bonds is 8. The SMILES string of the molecule is CC(Cc1cccs1)N(C)S(=O)(=O)CCNC1CC1. The molecule has 2 rings (SSSR count). The van der Waals surface area contributed by atoms with Crippen molar-refractivity contribution < 1.29 is 8.42 Å². The maximum absolute atomic E-state index is 12.2. The number of sulfonamides is 1. The molecule has 108 valence electrons. The number of likely N-dealkylation sites (N-methyl/N-ethyl adjacent to an activating group) is 1. The Bertz CT molecular complexity index is 481. The van der Waals surface area contributed by atoms with E-state index in [1.807, 2.05) is 18.4 Å². The maximum Gasteiger partial charge on any atom is 0.215 e. The van der Waals surface area contributed by atoms with Crippen LogP contribution in [0.15, 0.2) is 17.5 Å². The van der Waals surface area contributed by atoms with Gasteiger partial charge in [0.2, 0.25) is 10.0 Å². The molecular weight excluding hydrogens is 280 g/mol. The molecule has 4 nitrogen and oxygen atoms in total. The first kappa shape index (κ1) is 15.0. The molecule has 0 bridgehead atoms. The molecule has 1 fully saturated rings. The van der Waals surface area contributed by atoms with E-state index in [1.54, 1.807) is 18.4 Å². The molecule has 1 atom stereocenters. The van der Waals surface area contributed by atoms with E-state index in [0.29, 0.717) is 12.6 Å². The molecule has 1 heterocycles. The highest BCUT2D eigenvalue weighted by Crippen LogP contribution is 2.18. The van der Waals surface area contributed by atoms with E-state index in [4.69, 9.17) is 0 Å². The first-order valence-electron chi connectivity index (χ1n) is 6.70. The first-order valence-corrected chi connectivity index (χ1v) is 9.19. The van der Waals surface area contributed by atoms with Crippen LogP contribution in [0.3, 0.4) is 0 Å². The Morgan fingerprint density at radius 3 is 2.84 bits per heavy atom. The third-order valence-electron chi connectivity index (χ3n) is 3.51. The van der Waals surface area contributed by atoms with Crippen molar-refractivity contribution >= 4 is 21.4 Å². The molecule has 0 saturated heterocycles. The zero-order valence-electron chi connectivity index (χ0n) is 11.5. The molecule has 1 aliphatic carbocycles. The number of nitrogens with one attached hydrogen (secondary N) is 1. The second-order valence-electron chi connectivity index (χ2n) is 5.19. The lowest BCUT2D eigenvalue weighted by atomic mass is 10.2. The van der Waals surface area contributed by atoms with Crippen molar-refractivity contribution in [2.45, 2.75) is 38.3 Å². The fourth-order valence-electron chi connectivity index (χ4n) is 1.95. The van der Waals surface area contributed by atoms with Crippen molar-refractivity contribution in [1.29, 1.82) is 0 Å². The van der Waals surface area contributed by atoms with Crippen LogP contribution in [0.5, 0.6) is 0 Å². The molecule has 19 heavy (non-hydrogen) atoms. The van der Waals surface area contributed by atoms with E-state index in [0.717, 1.165) is 6.42 Å². The Balaban J connectivity index is 1.83. The van der Waals surface area contributed by atoms with Crippen LogP contribution >= 0.6 is 11.3 Å². The maximum atomic E-state index is 12.2. The van der Waals surface area contributed by atoms with Crippen LogP contribution < -0.4 is 5.32 Å². The fraction of sp³-hybridized carbons (Fsp3) is 0.692. The third-order valence-corrected chi connectivity index (χ3v) is 6.36. The van der Waals surface area contributed by atoms with Crippen molar-refractivity contribution in [3.63, 3.8) is 0 Å². The Kier molecular flexibility index (Phi) is 5.00. The summed E-state index contributed by atoms with van der Waals surface area (Å²) in [5, 5.41) is 5.27. The van der Waals surface area contributed by atoms with Gasteiger partial charge in [0.05, 0.1) is 5.75 Å². The standard InChI is InChI=1S/C13H22N2O2S2/c1-11(10-13-4-3-8-18-13)15(2)19(16,17)9-7-14-12-5-6-12/h3-4,8,11-12,14H,5-7,9-10H2,1-2H3. The van der Waals surface area contributed by atoms with E-state index >= 15 is 0 Å². The van der Waals surface area contributed by atoms with Gasteiger partial charge in [-0.05, 0) is 37.6 Å². The summed E-state index contributed by atoms with van der Waals surface area (Å²) >= 11 is 1.68. The second-order valence-corrected chi connectivity index (χ2v) is 8.37. The molecule has 0 spiro atoms. The summed E-state index contributed by atoms with van der Waals surface area (Å²) in [6, 6.07) is 4.62. The lowest BCUT2D eigenvalue weighted by Gasteiger charge is -2.24. The monoisotopic (exact) mass is 302 g/mol. The number of hydrogen-bond acceptors (Lipinski definition) is 4. The van der Waals surface area contributed by atoms with Gasteiger partial charge in [-0.1, -0.05) is 6.07 Å². The molecule has 0 aromatic carbocycles. The summed E-state index contributed by atoms with van der Waals surface area (Å²) < 4.78 is 25.9. The van der Waals surface area contributed by atoms with Crippen molar-refractivity contribution in [3.05, 3.63) is 22.4 Å². The minimum atomic E-state index is -3.16. The van der Waals surface area contributed by atoms with Gasteiger partial charge in [0, 0.05) is 30.6 Å². The minimum Gasteiger partial charge on any atom is -0.313 e. The van der Waals surface area contributed by atoms with Crippen LogP contribution in [0.4, 0.5) is 0 Å². The minimum absolute atomic E-state index is 0.00424. The summed E-state index contributed by atoms with van der Waals surface area (Å²) in [5.41, 5.74) is 0. The molecule has 0 aliphatic heterocycles. The number of nitrogens with zero attached hydrogens (tertiary/aromatic N) is 1. The number of hydrogen-bond donors (Lipinski definition) is 1. The van der Waals surface area contributed by atoms with E-state index in [1.165, 1.54) is 22.0 Å². The van der Waals surface area contributed by atoms with Crippen LogP contribution in [0, 0.1) is 0 Å². The molecular formula is C13H22N2O2S2. The Hall–Kier alpha value is -0.430.